The minimum atomic E-state index is -0.610. The molecule has 5 rings (SSSR count). The second-order valence-corrected chi connectivity index (χ2v) is 9.13. The predicted octanol–water partition coefficient (Wildman–Crippen LogP) is 4.19. The number of aromatic nitrogens is 1. The van der Waals surface area contributed by atoms with Crippen LogP contribution in [-0.4, -0.2) is 41.1 Å². The summed E-state index contributed by atoms with van der Waals surface area (Å²) in [5, 5.41) is 10.1. The highest BCUT2D eigenvalue weighted by molar-refractivity contribution is 14.1. The highest BCUT2D eigenvalue weighted by Gasteiger charge is 2.50. The van der Waals surface area contributed by atoms with E-state index in [4.69, 9.17) is 18.9 Å². The molecule has 0 aliphatic carbocycles. The number of pyridine rings is 1. The molecular formula is C25H24INO5. The molecule has 1 aromatic heterocycles. The van der Waals surface area contributed by atoms with E-state index in [-0.39, 0.29) is 12.7 Å². The maximum absolute atomic E-state index is 10.1. The van der Waals surface area contributed by atoms with Crippen LogP contribution in [0.1, 0.15) is 29.4 Å². The van der Waals surface area contributed by atoms with Crippen LogP contribution in [0.4, 0.5) is 0 Å². The van der Waals surface area contributed by atoms with E-state index in [1.807, 2.05) is 72.8 Å². The molecule has 6 atom stereocenters. The van der Waals surface area contributed by atoms with Gasteiger partial charge in [-0.1, -0.05) is 60.7 Å². The van der Waals surface area contributed by atoms with Crippen LogP contribution in [0.3, 0.4) is 0 Å². The molecule has 6 unspecified atom stereocenters. The molecule has 3 heterocycles. The van der Waals surface area contributed by atoms with Crippen molar-refractivity contribution in [2.45, 2.75) is 43.4 Å². The molecule has 0 amide bonds. The Morgan fingerprint density at radius 3 is 1.88 bits per heavy atom. The molecule has 2 aliphatic heterocycles. The third kappa shape index (κ3) is 4.73. The average Bonchev–Trinajstić information content (AvgIpc) is 2.84. The normalized spacial score (nSPS) is 29.9. The highest BCUT2D eigenvalue weighted by atomic mass is 127. The minimum absolute atomic E-state index is 0.177. The largest absolute Gasteiger partial charge is 0.394 e. The second-order valence-electron chi connectivity index (χ2n) is 7.89. The van der Waals surface area contributed by atoms with Crippen molar-refractivity contribution in [2.75, 3.05) is 6.61 Å². The number of fused-ring (bicyclic) bond motifs is 1. The van der Waals surface area contributed by atoms with E-state index in [0.29, 0.717) is 6.42 Å². The van der Waals surface area contributed by atoms with Crippen LogP contribution >= 0.6 is 22.6 Å². The summed E-state index contributed by atoms with van der Waals surface area (Å²) in [6.45, 7) is -0.177. The lowest BCUT2D eigenvalue weighted by molar-refractivity contribution is -0.384. The zero-order valence-electron chi connectivity index (χ0n) is 17.3. The summed E-state index contributed by atoms with van der Waals surface area (Å²) in [4.78, 5) is 4.52. The number of hydrogen-bond acceptors (Lipinski definition) is 6. The lowest BCUT2D eigenvalue weighted by Crippen LogP contribution is -2.59. The van der Waals surface area contributed by atoms with Crippen molar-refractivity contribution < 1.29 is 24.1 Å². The first-order chi connectivity index (χ1) is 15.7. The third-order valence-corrected chi connectivity index (χ3v) is 6.40. The fourth-order valence-corrected chi connectivity index (χ4v) is 4.71. The summed E-state index contributed by atoms with van der Waals surface area (Å²) < 4.78 is 26.4. The van der Waals surface area contributed by atoms with Crippen molar-refractivity contribution in [3.05, 3.63) is 99.4 Å². The van der Waals surface area contributed by atoms with Gasteiger partial charge in [0.25, 0.3) is 0 Å². The topological polar surface area (TPSA) is 70.0 Å². The van der Waals surface area contributed by atoms with Crippen LogP contribution in [0.15, 0.2) is 79.0 Å². The van der Waals surface area contributed by atoms with E-state index in [2.05, 4.69) is 27.6 Å². The number of rotatable bonds is 5. The quantitative estimate of drug-likeness (QED) is 0.486. The molecule has 0 saturated carbocycles. The van der Waals surface area contributed by atoms with Gasteiger partial charge in [0.05, 0.1) is 12.7 Å². The minimum Gasteiger partial charge on any atom is -0.394 e. The molecular weight excluding hydrogens is 521 g/mol. The Kier molecular flexibility index (Phi) is 6.82. The van der Waals surface area contributed by atoms with Crippen molar-refractivity contribution >= 4 is 22.6 Å². The SMILES string of the molecule is OCC1OC(c2ccccc2)OC2C(Cc3cc(I)ccn3)OC(c3ccccc3)OC12. The molecule has 1 N–H and O–H groups in total. The van der Waals surface area contributed by atoms with Crippen molar-refractivity contribution in [1.29, 1.82) is 0 Å². The van der Waals surface area contributed by atoms with E-state index in [0.717, 1.165) is 20.4 Å². The zero-order chi connectivity index (χ0) is 21.9. The van der Waals surface area contributed by atoms with E-state index >= 15 is 0 Å². The Morgan fingerprint density at radius 2 is 1.31 bits per heavy atom. The number of nitrogens with zero attached hydrogens (tertiary/aromatic N) is 1. The van der Waals surface area contributed by atoms with Gasteiger partial charge >= 0.3 is 0 Å². The first-order valence-electron chi connectivity index (χ1n) is 10.6. The maximum Gasteiger partial charge on any atom is 0.184 e. The molecule has 7 heteroatoms. The number of halogens is 1. The van der Waals surface area contributed by atoms with Gasteiger partial charge in [0, 0.05) is 33.0 Å². The Balaban J connectivity index is 1.47. The predicted molar refractivity (Wildman–Crippen MR) is 126 cm³/mol. The molecule has 2 aliphatic rings. The summed E-state index contributed by atoms with van der Waals surface area (Å²) in [5.41, 5.74) is 2.72. The van der Waals surface area contributed by atoms with Crippen molar-refractivity contribution in [1.82, 2.24) is 4.98 Å². The van der Waals surface area contributed by atoms with Crippen LogP contribution in [0.25, 0.3) is 0 Å². The number of aliphatic hydroxyl groups excluding tert-OH is 1. The van der Waals surface area contributed by atoms with Crippen LogP contribution in [0.2, 0.25) is 0 Å². The fourth-order valence-electron chi connectivity index (χ4n) is 4.19. The van der Waals surface area contributed by atoms with Crippen LogP contribution < -0.4 is 0 Å². The third-order valence-electron chi connectivity index (χ3n) is 5.73. The molecule has 0 bridgehead atoms. The van der Waals surface area contributed by atoms with E-state index in [9.17, 15) is 5.11 Å². The van der Waals surface area contributed by atoms with Crippen LogP contribution in [0.5, 0.6) is 0 Å². The number of hydrogen-bond donors (Lipinski definition) is 1. The second kappa shape index (κ2) is 9.94. The Labute approximate surface area is 200 Å². The van der Waals surface area contributed by atoms with Crippen molar-refractivity contribution in [3.8, 4) is 0 Å². The summed E-state index contributed by atoms with van der Waals surface area (Å²) in [7, 11) is 0. The smallest absolute Gasteiger partial charge is 0.184 e. The molecule has 3 aromatic rings. The number of ether oxygens (including phenoxy) is 4. The average molecular weight is 545 g/mol. The molecule has 0 radical (unpaired) electrons. The van der Waals surface area contributed by atoms with Gasteiger partial charge in [-0.05, 0) is 34.7 Å². The summed E-state index contributed by atoms with van der Waals surface area (Å²) >= 11 is 2.28. The summed E-state index contributed by atoms with van der Waals surface area (Å²) in [6, 6.07) is 23.5. The molecule has 2 saturated heterocycles. The lowest BCUT2D eigenvalue weighted by atomic mass is 9.95. The van der Waals surface area contributed by atoms with Gasteiger partial charge in [0.2, 0.25) is 0 Å². The van der Waals surface area contributed by atoms with E-state index < -0.39 is 30.9 Å². The van der Waals surface area contributed by atoms with Gasteiger partial charge in [0.15, 0.2) is 12.6 Å². The van der Waals surface area contributed by atoms with E-state index in [1.54, 1.807) is 6.20 Å². The number of benzene rings is 2. The summed E-state index contributed by atoms with van der Waals surface area (Å²) in [6.07, 6.45) is -0.603. The fraction of sp³-hybridized carbons (Fsp3) is 0.320. The molecule has 6 nitrogen and oxygen atoms in total. The maximum atomic E-state index is 10.1. The van der Waals surface area contributed by atoms with Gasteiger partial charge in [-0.3, -0.25) is 4.98 Å². The van der Waals surface area contributed by atoms with Gasteiger partial charge in [-0.2, -0.15) is 0 Å². The first kappa shape index (κ1) is 21.9. The molecule has 32 heavy (non-hydrogen) atoms. The standard InChI is InChI=1S/C25H24INO5/c26-18-11-12-27-19(13-18)14-20-22-23(32-24(29-20)16-7-3-1-4-8-16)21(15-28)30-25(31-22)17-9-5-2-6-10-17/h1-13,20-25,28H,14-15H2. The molecule has 0 spiro atoms. The van der Waals surface area contributed by atoms with Crippen LogP contribution in [0, 0.1) is 3.57 Å². The Morgan fingerprint density at radius 1 is 0.750 bits per heavy atom. The van der Waals surface area contributed by atoms with Gasteiger partial charge in [-0.25, -0.2) is 0 Å². The monoisotopic (exact) mass is 545 g/mol. The zero-order valence-corrected chi connectivity index (χ0v) is 19.4. The first-order valence-corrected chi connectivity index (χ1v) is 11.7. The Bertz CT molecular complexity index is 1020. The number of aliphatic hydroxyl groups is 1. The van der Waals surface area contributed by atoms with Crippen LogP contribution in [-0.2, 0) is 25.4 Å². The van der Waals surface area contributed by atoms with Crippen molar-refractivity contribution in [2.24, 2.45) is 0 Å². The molecule has 2 fully saturated rings. The van der Waals surface area contributed by atoms with E-state index in [1.165, 1.54) is 0 Å². The van der Waals surface area contributed by atoms with Gasteiger partial charge in [-0.15, -0.1) is 0 Å². The molecule has 2 aromatic carbocycles. The lowest BCUT2D eigenvalue weighted by Gasteiger charge is -2.49. The highest BCUT2D eigenvalue weighted by Crippen LogP contribution is 2.41. The summed E-state index contributed by atoms with van der Waals surface area (Å²) in [5.74, 6) is 0. The van der Waals surface area contributed by atoms with Crippen molar-refractivity contribution in [3.63, 3.8) is 0 Å². The van der Waals surface area contributed by atoms with Gasteiger partial charge in [0.1, 0.15) is 18.3 Å². The van der Waals surface area contributed by atoms with Gasteiger partial charge < -0.3 is 24.1 Å². The Hall–Kier alpha value is -1.88. The molecule has 166 valence electrons.